The predicted octanol–water partition coefficient (Wildman–Crippen LogP) is 2.14. The summed E-state index contributed by atoms with van der Waals surface area (Å²) in [6, 6.07) is 11.5. The van der Waals surface area contributed by atoms with E-state index in [1.54, 1.807) is 24.0 Å². The second-order valence-corrected chi connectivity index (χ2v) is 7.11. The van der Waals surface area contributed by atoms with E-state index in [1.165, 1.54) is 4.68 Å². The van der Waals surface area contributed by atoms with Gasteiger partial charge in [-0.25, -0.2) is 4.68 Å². The SMILES string of the molecule is O=c1cc(CSC(=S)N2CCOCC2)cnn1Cc1ccccc1. The molecule has 1 saturated heterocycles. The van der Waals surface area contributed by atoms with E-state index >= 15 is 0 Å². The molecule has 3 rings (SSSR count). The number of ether oxygens (including phenoxy) is 1. The molecule has 0 atom stereocenters. The first kappa shape index (κ1) is 17.1. The van der Waals surface area contributed by atoms with E-state index in [1.807, 2.05) is 30.3 Å². The largest absolute Gasteiger partial charge is 0.378 e. The Bertz CT molecular complexity index is 743. The Morgan fingerprint density at radius 3 is 2.67 bits per heavy atom. The molecule has 1 fully saturated rings. The minimum atomic E-state index is -0.0887. The molecule has 1 aliphatic rings. The summed E-state index contributed by atoms with van der Waals surface area (Å²) in [6.45, 7) is 3.60. The van der Waals surface area contributed by atoms with Gasteiger partial charge < -0.3 is 9.64 Å². The number of thiocarbonyl (C=S) groups is 1. The maximum absolute atomic E-state index is 12.2. The van der Waals surface area contributed by atoms with Crippen molar-refractivity contribution in [2.24, 2.45) is 0 Å². The summed E-state index contributed by atoms with van der Waals surface area (Å²) in [4.78, 5) is 14.4. The molecule has 0 spiro atoms. The highest BCUT2D eigenvalue weighted by molar-refractivity contribution is 8.22. The van der Waals surface area contributed by atoms with E-state index < -0.39 is 0 Å². The van der Waals surface area contributed by atoms with Crippen LogP contribution >= 0.6 is 24.0 Å². The van der Waals surface area contributed by atoms with E-state index in [9.17, 15) is 4.79 Å². The number of aromatic nitrogens is 2. The Kier molecular flexibility index (Phi) is 6.01. The maximum atomic E-state index is 12.2. The van der Waals surface area contributed by atoms with Gasteiger partial charge in [-0.2, -0.15) is 5.10 Å². The average molecular weight is 361 g/mol. The molecule has 0 bridgehead atoms. The lowest BCUT2D eigenvalue weighted by Crippen LogP contribution is -2.38. The maximum Gasteiger partial charge on any atom is 0.267 e. The van der Waals surface area contributed by atoms with Crippen molar-refractivity contribution in [3.63, 3.8) is 0 Å². The molecule has 1 aromatic heterocycles. The van der Waals surface area contributed by atoms with Crippen LogP contribution in [-0.2, 0) is 17.0 Å². The van der Waals surface area contributed by atoms with Crippen LogP contribution in [0.25, 0.3) is 0 Å². The van der Waals surface area contributed by atoms with Gasteiger partial charge in [0.2, 0.25) is 0 Å². The van der Waals surface area contributed by atoms with Gasteiger partial charge in [-0.3, -0.25) is 4.79 Å². The number of hydrogen-bond donors (Lipinski definition) is 0. The van der Waals surface area contributed by atoms with Crippen molar-refractivity contribution in [3.05, 3.63) is 64.1 Å². The number of rotatable bonds is 4. The third-order valence-corrected chi connectivity index (χ3v) is 5.33. The predicted molar refractivity (Wildman–Crippen MR) is 100 cm³/mol. The molecule has 0 aliphatic carbocycles. The van der Waals surface area contributed by atoms with E-state index in [4.69, 9.17) is 17.0 Å². The van der Waals surface area contributed by atoms with Gasteiger partial charge in [0.25, 0.3) is 5.56 Å². The smallest absolute Gasteiger partial charge is 0.267 e. The monoisotopic (exact) mass is 361 g/mol. The van der Waals surface area contributed by atoms with Crippen LogP contribution in [0.1, 0.15) is 11.1 Å². The van der Waals surface area contributed by atoms with Gasteiger partial charge in [-0.15, -0.1) is 0 Å². The van der Waals surface area contributed by atoms with Crippen LogP contribution in [0.5, 0.6) is 0 Å². The average Bonchev–Trinajstić information content (AvgIpc) is 2.63. The molecule has 24 heavy (non-hydrogen) atoms. The lowest BCUT2D eigenvalue weighted by atomic mass is 10.2. The first-order chi connectivity index (χ1) is 11.7. The van der Waals surface area contributed by atoms with Crippen LogP contribution < -0.4 is 5.56 Å². The first-order valence-electron chi connectivity index (χ1n) is 7.82. The van der Waals surface area contributed by atoms with Crippen LogP contribution in [0.2, 0.25) is 0 Å². The molecule has 0 amide bonds. The topological polar surface area (TPSA) is 47.4 Å². The molecule has 0 N–H and O–H groups in total. The Hall–Kier alpha value is -1.70. The molecule has 2 heterocycles. The molecule has 0 saturated carbocycles. The zero-order valence-electron chi connectivity index (χ0n) is 13.3. The molecular formula is C17H19N3O2S2. The van der Waals surface area contributed by atoms with Gasteiger partial charge in [0.05, 0.1) is 26.0 Å². The Morgan fingerprint density at radius 2 is 1.96 bits per heavy atom. The molecule has 5 nitrogen and oxygen atoms in total. The Morgan fingerprint density at radius 1 is 1.21 bits per heavy atom. The number of benzene rings is 1. The van der Waals surface area contributed by atoms with Crippen LogP contribution in [0.4, 0.5) is 0 Å². The Balaban J connectivity index is 1.58. The van der Waals surface area contributed by atoms with Crippen molar-refractivity contribution < 1.29 is 4.74 Å². The number of thioether (sulfide) groups is 1. The summed E-state index contributed by atoms with van der Waals surface area (Å²) in [5.74, 6) is 0.657. The molecule has 7 heteroatoms. The number of hydrogen-bond acceptors (Lipinski definition) is 5. The van der Waals surface area contributed by atoms with E-state index in [-0.39, 0.29) is 5.56 Å². The van der Waals surface area contributed by atoms with Gasteiger partial charge >= 0.3 is 0 Å². The zero-order valence-corrected chi connectivity index (χ0v) is 14.9. The van der Waals surface area contributed by atoms with Crippen LogP contribution in [0, 0.1) is 0 Å². The van der Waals surface area contributed by atoms with E-state index in [2.05, 4.69) is 10.00 Å². The fourth-order valence-electron chi connectivity index (χ4n) is 2.41. The molecule has 126 valence electrons. The van der Waals surface area contributed by atoms with Crippen molar-refractivity contribution in [2.75, 3.05) is 26.3 Å². The van der Waals surface area contributed by atoms with Crippen LogP contribution in [-0.4, -0.2) is 45.3 Å². The van der Waals surface area contributed by atoms with Crippen molar-refractivity contribution >= 4 is 28.3 Å². The van der Waals surface area contributed by atoms with E-state index in [0.717, 1.165) is 41.8 Å². The summed E-state index contributed by atoms with van der Waals surface area (Å²) in [6.07, 6.45) is 1.75. The normalized spacial score (nSPS) is 14.6. The quantitative estimate of drug-likeness (QED) is 0.778. The number of nitrogens with zero attached hydrogens (tertiary/aromatic N) is 3. The van der Waals surface area contributed by atoms with Crippen molar-refractivity contribution in [2.45, 2.75) is 12.3 Å². The van der Waals surface area contributed by atoms with Crippen LogP contribution in [0.15, 0.2) is 47.4 Å². The molecular weight excluding hydrogens is 342 g/mol. The summed E-state index contributed by atoms with van der Waals surface area (Å²) in [7, 11) is 0. The van der Waals surface area contributed by atoms with E-state index in [0.29, 0.717) is 12.3 Å². The van der Waals surface area contributed by atoms with Gasteiger partial charge in [0.15, 0.2) is 0 Å². The van der Waals surface area contributed by atoms with Gasteiger partial charge in [-0.1, -0.05) is 54.3 Å². The van der Waals surface area contributed by atoms with Gasteiger partial charge in [-0.05, 0) is 11.1 Å². The highest BCUT2D eigenvalue weighted by Gasteiger charge is 2.14. The Labute approximate surface area is 150 Å². The molecule has 2 aromatic rings. The molecule has 0 unspecified atom stereocenters. The highest BCUT2D eigenvalue weighted by atomic mass is 32.2. The van der Waals surface area contributed by atoms with Crippen molar-refractivity contribution in [1.82, 2.24) is 14.7 Å². The highest BCUT2D eigenvalue weighted by Crippen LogP contribution is 2.16. The molecule has 1 aliphatic heterocycles. The first-order valence-corrected chi connectivity index (χ1v) is 9.21. The van der Waals surface area contributed by atoms with Gasteiger partial charge in [0.1, 0.15) is 4.32 Å². The van der Waals surface area contributed by atoms with Crippen LogP contribution in [0.3, 0.4) is 0 Å². The summed E-state index contributed by atoms with van der Waals surface area (Å²) in [5.41, 5.74) is 1.86. The third-order valence-electron chi connectivity index (χ3n) is 3.73. The number of morpholine rings is 1. The minimum Gasteiger partial charge on any atom is -0.378 e. The van der Waals surface area contributed by atoms with Crippen molar-refractivity contribution in [1.29, 1.82) is 0 Å². The minimum absolute atomic E-state index is 0.0887. The molecule has 1 aromatic carbocycles. The summed E-state index contributed by atoms with van der Waals surface area (Å²) < 4.78 is 7.66. The third kappa shape index (κ3) is 4.66. The second kappa shape index (κ2) is 8.41. The molecule has 0 radical (unpaired) electrons. The summed E-state index contributed by atoms with van der Waals surface area (Å²) >= 11 is 7.02. The zero-order chi connectivity index (χ0) is 16.8. The second-order valence-electron chi connectivity index (χ2n) is 5.50. The standard InChI is InChI=1S/C17H19N3O2S2/c21-16-10-15(13-24-17(23)19-6-8-22-9-7-19)11-18-20(16)12-14-4-2-1-3-5-14/h1-5,10-11H,6-9,12-13H2. The fraction of sp³-hybridized carbons (Fsp3) is 0.353. The summed E-state index contributed by atoms with van der Waals surface area (Å²) in [5, 5.41) is 4.28. The lowest BCUT2D eigenvalue weighted by molar-refractivity contribution is 0.0702. The van der Waals surface area contributed by atoms with Gasteiger partial charge in [0, 0.05) is 24.9 Å². The lowest BCUT2D eigenvalue weighted by Gasteiger charge is -2.28. The van der Waals surface area contributed by atoms with Crippen molar-refractivity contribution in [3.8, 4) is 0 Å². The fourth-order valence-corrected chi connectivity index (χ4v) is 3.58.